The summed E-state index contributed by atoms with van der Waals surface area (Å²) in [5.41, 5.74) is 7.42. The summed E-state index contributed by atoms with van der Waals surface area (Å²) in [5.74, 6) is 0. The predicted octanol–water partition coefficient (Wildman–Crippen LogP) is 4.10. The zero-order chi connectivity index (χ0) is 12.3. The highest BCUT2D eigenvalue weighted by atomic mass is 79.9. The summed E-state index contributed by atoms with van der Waals surface area (Å²) < 4.78 is 37.0. The number of halogens is 4. The first kappa shape index (κ1) is 13.5. The van der Waals surface area contributed by atoms with Gasteiger partial charge in [-0.2, -0.15) is 13.2 Å². The van der Waals surface area contributed by atoms with Gasteiger partial charge in [-0.15, -0.1) is 0 Å². The SMILES string of the molecule is Cc1cc(C(N)CCC(F)(F)F)ccc1Br. The zero-order valence-electron chi connectivity index (χ0n) is 8.81. The Kier molecular flexibility index (Phi) is 4.38. The molecular formula is C11H13BrF3N. The van der Waals surface area contributed by atoms with Gasteiger partial charge >= 0.3 is 6.18 Å². The Morgan fingerprint density at radius 1 is 1.38 bits per heavy atom. The van der Waals surface area contributed by atoms with E-state index in [0.717, 1.165) is 15.6 Å². The lowest BCUT2D eigenvalue weighted by Gasteiger charge is -2.14. The molecule has 0 aliphatic heterocycles. The third kappa shape index (κ3) is 4.14. The molecule has 0 radical (unpaired) electrons. The number of alkyl halides is 3. The molecule has 0 spiro atoms. The van der Waals surface area contributed by atoms with Gasteiger partial charge in [-0.05, 0) is 30.5 Å². The van der Waals surface area contributed by atoms with Crippen molar-refractivity contribution in [3.05, 3.63) is 33.8 Å². The summed E-state index contributed by atoms with van der Waals surface area (Å²) in [6.07, 6.45) is -5.06. The fraction of sp³-hybridized carbons (Fsp3) is 0.455. The number of benzene rings is 1. The molecule has 0 bridgehead atoms. The topological polar surface area (TPSA) is 26.0 Å². The highest BCUT2D eigenvalue weighted by Crippen LogP contribution is 2.27. The molecular weight excluding hydrogens is 283 g/mol. The Morgan fingerprint density at radius 3 is 2.50 bits per heavy atom. The maximum Gasteiger partial charge on any atom is 0.389 e. The lowest BCUT2D eigenvalue weighted by Crippen LogP contribution is -2.15. The van der Waals surface area contributed by atoms with Gasteiger partial charge in [0.05, 0.1) is 0 Å². The second-order valence-electron chi connectivity index (χ2n) is 3.77. The summed E-state index contributed by atoms with van der Waals surface area (Å²) in [6, 6.07) is 4.80. The van der Waals surface area contributed by atoms with Crippen molar-refractivity contribution in [3.8, 4) is 0 Å². The molecule has 1 nitrogen and oxygen atoms in total. The minimum atomic E-state index is -4.14. The summed E-state index contributed by atoms with van der Waals surface area (Å²) in [6.45, 7) is 1.88. The van der Waals surface area contributed by atoms with Crippen LogP contribution in [0, 0.1) is 6.92 Å². The first-order chi connectivity index (χ1) is 7.29. The number of rotatable bonds is 3. The van der Waals surface area contributed by atoms with Crippen LogP contribution in [-0.4, -0.2) is 6.18 Å². The van der Waals surface area contributed by atoms with Crippen LogP contribution in [0.25, 0.3) is 0 Å². The lowest BCUT2D eigenvalue weighted by atomic mass is 10.0. The highest BCUT2D eigenvalue weighted by Gasteiger charge is 2.27. The van der Waals surface area contributed by atoms with E-state index in [4.69, 9.17) is 5.73 Å². The van der Waals surface area contributed by atoms with Crippen molar-refractivity contribution < 1.29 is 13.2 Å². The van der Waals surface area contributed by atoms with Crippen LogP contribution < -0.4 is 5.73 Å². The average molecular weight is 296 g/mol. The quantitative estimate of drug-likeness (QED) is 0.893. The van der Waals surface area contributed by atoms with Crippen molar-refractivity contribution in [1.29, 1.82) is 0 Å². The molecule has 1 rings (SSSR count). The predicted molar refractivity (Wildman–Crippen MR) is 61.1 cm³/mol. The first-order valence-corrected chi connectivity index (χ1v) is 5.67. The smallest absolute Gasteiger partial charge is 0.324 e. The van der Waals surface area contributed by atoms with Gasteiger partial charge in [0, 0.05) is 16.9 Å². The number of hydrogen-bond acceptors (Lipinski definition) is 1. The van der Waals surface area contributed by atoms with Gasteiger partial charge in [0.25, 0.3) is 0 Å². The van der Waals surface area contributed by atoms with E-state index in [9.17, 15) is 13.2 Å². The fourth-order valence-corrected chi connectivity index (χ4v) is 1.63. The van der Waals surface area contributed by atoms with Crippen LogP contribution in [0.15, 0.2) is 22.7 Å². The van der Waals surface area contributed by atoms with Crippen LogP contribution in [-0.2, 0) is 0 Å². The van der Waals surface area contributed by atoms with Gasteiger partial charge in [0.15, 0.2) is 0 Å². The molecule has 0 aliphatic carbocycles. The molecule has 1 atom stereocenters. The summed E-state index contributed by atoms with van der Waals surface area (Å²) in [4.78, 5) is 0. The second-order valence-corrected chi connectivity index (χ2v) is 4.62. The van der Waals surface area contributed by atoms with Gasteiger partial charge in [0.1, 0.15) is 0 Å². The molecule has 0 saturated carbocycles. The molecule has 0 amide bonds. The van der Waals surface area contributed by atoms with Gasteiger partial charge in [-0.3, -0.25) is 0 Å². The molecule has 0 heterocycles. The Labute approximate surface area is 101 Å². The molecule has 1 unspecified atom stereocenters. The standard InChI is InChI=1S/C11H13BrF3N/c1-7-6-8(2-3-9(7)12)10(16)4-5-11(13,14)15/h2-3,6,10H,4-5,16H2,1H3. The van der Waals surface area contributed by atoms with Crippen LogP contribution in [0.3, 0.4) is 0 Å². The average Bonchev–Trinajstić information content (AvgIpc) is 2.17. The maximum absolute atomic E-state index is 12.0. The van der Waals surface area contributed by atoms with E-state index in [0.29, 0.717) is 0 Å². The van der Waals surface area contributed by atoms with E-state index in [2.05, 4.69) is 15.9 Å². The van der Waals surface area contributed by atoms with E-state index in [1.54, 1.807) is 12.1 Å². The summed E-state index contributed by atoms with van der Waals surface area (Å²) in [5, 5.41) is 0. The minimum absolute atomic E-state index is 0.0788. The minimum Gasteiger partial charge on any atom is -0.324 e. The van der Waals surface area contributed by atoms with Gasteiger partial charge < -0.3 is 5.73 Å². The molecule has 90 valence electrons. The molecule has 0 saturated heterocycles. The largest absolute Gasteiger partial charge is 0.389 e. The van der Waals surface area contributed by atoms with Crippen molar-refractivity contribution in [2.45, 2.75) is 32.0 Å². The van der Waals surface area contributed by atoms with Crippen molar-refractivity contribution >= 4 is 15.9 Å². The van der Waals surface area contributed by atoms with Crippen LogP contribution in [0.1, 0.15) is 30.0 Å². The molecule has 0 aromatic heterocycles. The van der Waals surface area contributed by atoms with Gasteiger partial charge in [-0.1, -0.05) is 28.1 Å². The Balaban J connectivity index is 2.66. The van der Waals surface area contributed by atoms with Crippen LogP contribution >= 0.6 is 15.9 Å². The Morgan fingerprint density at radius 2 is 2.00 bits per heavy atom. The third-order valence-electron chi connectivity index (χ3n) is 2.35. The van der Waals surface area contributed by atoms with E-state index >= 15 is 0 Å². The summed E-state index contributed by atoms with van der Waals surface area (Å²) >= 11 is 3.33. The monoisotopic (exact) mass is 295 g/mol. The zero-order valence-corrected chi connectivity index (χ0v) is 10.4. The van der Waals surface area contributed by atoms with Crippen LogP contribution in [0.5, 0.6) is 0 Å². The highest BCUT2D eigenvalue weighted by molar-refractivity contribution is 9.10. The lowest BCUT2D eigenvalue weighted by molar-refractivity contribution is -0.136. The first-order valence-electron chi connectivity index (χ1n) is 4.88. The van der Waals surface area contributed by atoms with Gasteiger partial charge in [0.2, 0.25) is 0 Å². The van der Waals surface area contributed by atoms with Crippen LogP contribution in [0.2, 0.25) is 0 Å². The van der Waals surface area contributed by atoms with Gasteiger partial charge in [-0.25, -0.2) is 0 Å². The molecule has 0 fully saturated rings. The van der Waals surface area contributed by atoms with E-state index < -0.39 is 18.6 Å². The van der Waals surface area contributed by atoms with Crippen molar-refractivity contribution in [2.24, 2.45) is 5.73 Å². The molecule has 1 aromatic rings. The number of hydrogen-bond donors (Lipinski definition) is 1. The summed E-state index contributed by atoms with van der Waals surface area (Å²) in [7, 11) is 0. The number of nitrogens with two attached hydrogens (primary N) is 1. The molecule has 1 aromatic carbocycles. The van der Waals surface area contributed by atoms with Crippen LogP contribution in [0.4, 0.5) is 13.2 Å². The Bertz CT molecular complexity index is 363. The third-order valence-corrected chi connectivity index (χ3v) is 3.24. The molecule has 16 heavy (non-hydrogen) atoms. The number of aryl methyl sites for hydroxylation is 1. The molecule has 5 heteroatoms. The fourth-order valence-electron chi connectivity index (χ4n) is 1.38. The van der Waals surface area contributed by atoms with Crippen molar-refractivity contribution in [1.82, 2.24) is 0 Å². The van der Waals surface area contributed by atoms with E-state index in [1.807, 2.05) is 13.0 Å². The Hall–Kier alpha value is -0.550. The van der Waals surface area contributed by atoms with Crippen molar-refractivity contribution in [2.75, 3.05) is 0 Å². The molecule has 2 N–H and O–H groups in total. The second kappa shape index (κ2) is 5.19. The van der Waals surface area contributed by atoms with Crippen molar-refractivity contribution in [3.63, 3.8) is 0 Å². The van der Waals surface area contributed by atoms with E-state index in [1.165, 1.54) is 0 Å². The van der Waals surface area contributed by atoms with E-state index in [-0.39, 0.29) is 6.42 Å². The normalized spacial score (nSPS) is 13.9. The molecule has 0 aliphatic rings. The maximum atomic E-state index is 12.0.